The van der Waals surface area contributed by atoms with Crippen LogP contribution in [0.15, 0.2) is 30.3 Å². The molecule has 1 heterocycles. The molecule has 2 rings (SSSR count). The van der Waals surface area contributed by atoms with E-state index >= 15 is 0 Å². The molecule has 0 aliphatic carbocycles. The van der Waals surface area contributed by atoms with Crippen LogP contribution in [0.1, 0.15) is 35.9 Å². The number of hydrogen-bond acceptors (Lipinski definition) is 3. The first-order valence-electron chi connectivity index (χ1n) is 6.07. The first kappa shape index (κ1) is 14.0. The van der Waals surface area contributed by atoms with E-state index < -0.39 is 17.5 Å². The Hall–Kier alpha value is -2.37. The van der Waals surface area contributed by atoms with Crippen LogP contribution in [-0.4, -0.2) is 16.1 Å². The highest BCUT2D eigenvalue weighted by Gasteiger charge is 2.12. The van der Waals surface area contributed by atoms with Gasteiger partial charge in [-0.15, -0.1) is 5.10 Å². The number of nitrogens with zero attached hydrogens (tertiary/aromatic N) is 2. The zero-order valence-electron chi connectivity index (χ0n) is 11.0. The Morgan fingerprint density at radius 2 is 1.90 bits per heavy atom. The predicted octanol–water partition coefficient (Wildman–Crippen LogP) is 3.13. The topological polar surface area (TPSA) is 54.9 Å². The molecule has 2 aromatic rings. The number of rotatable bonds is 3. The number of halogens is 2. The molecule has 0 unspecified atom stereocenters. The average molecular weight is 277 g/mol. The number of benzene rings is 1. The minimum absolute atomic E-state index is 0.0677. The number of hydrogen-bond donors (Lipinski definition) is 1. The first-order valence-corrected chi connectivity index (χ1v) is 6.07. The van der Waals surface area contributed by atoms with Crippen LogP contribution in [0, 0.1) is 11.6 Å². The van der Waals surface area contributed by atoms with E-state index in [4.69, 9.17) is 0 Å². The second kappa shape index (κ2) is 5.73. The Kier molecular flexibility index (Phi) is 4.02. The van der Waals surface area contributed by atoms with Gasteiger partial charge in [-0.05, 0) is 30.2 Å². The summed E-state index contributed by atoms with van der Waals surface area (Å²) in [5, 5.41) is 10.0. The van der Waals surface area contributed by atoms with Crippen molar-refractivity contribution in [1.82, 2.24) is 10.2 Å². The first-order chi connectivity index (χ1) is 9.47. The van der Waals surface area contributed by atoms with Gasteiger partial charge in [0.1, 0.15) is 11.6 Å². The van der Waals surface area contributed by atoms with E-state index in [-0.39, 0.29) is 17.3 Å². The third-order valence-electron chi connectivity index (χ3n) is 2.69. The van der Waals surface area contributed by atoms with E-state index in [2.05, 4.69) is 15.5 Å². The number of nitrogens with one attached hydrogen (secondary N) is 1. The van der Waals surface area contributed by atoms with Crippen molar-refractivity contribution in [3.63, 3.8) is 0 Å². The van der Waals surface area contributed by atoms with Crippen molar-refractivity contribution in [3.05, 3.63) is 53.4 Å². The van der Waals surface area contributed by atoms with Crippen molar-refractivity contribution in [2.24, 2.45) is 0 Å². The molecule has 0 saturated heterocycles. The standard InChI is InChI=1S/C14H13F2N3O/c1-8(2)11-5-6-13(19-18-11)14(20)17-12-4-3-9(15)7-10(12)16/h3-8H,1-2H3,(H,17,20). The Bertz CT molecular complexity index is 627. The molecule has 0 aliphatic heterocycles. The molecule has 1 N–H and O–H groups in total. The second-order valence-corrected chi connectivity index (χ2v) is 4.58. The molecule has 1 aromatic heterocycles. The summed E-state index contributed by atoms with van der Waals surface area (Å²) in [5.41, 5.74) is 0.721. The molecule has 6 heteroatoms. The van der Waals surface area contributed by atoms with Gasteiger partial charge in [0.25, 0.3) is 5.91 Å². The summed E-state index contributed by atoms with van der Waals surface area (Å²) in [7, 11) is 0. The van der Waals surface area contributed by atoms with Crippen molar-refractivity contribution >= 4 is 11.6 Å². The minimum Gasteiger partial charge on any atom is -0.318 e. The molecule has 20 heavy (non-hydrogen) atoms. The van der Waals surface area contributed by atoms with Gasteiger partial charge in [0.15, 0.2) is 5.69 Å². The van der Waals surface area contributed by atoms with Crippen molar-refractivity contribution in [1.29, 1.82) is 0 Å². The maximum Gasteiger partial charge on any atom is 0.276 e. The zero-order chi connectivity index (χ0) is 14.7. The third-order valence-corrected chi connectivity index (χ3v) is 2.69. The smallest absolute Gasteiger partial charge is 0.276 e. The highest BCUT2D eigenvalue weighted by atomic mass is 19.1. The highest BCUT2D eigenvalue weighted by molar-refractivity contribution is 6.02. The van der Waals surface area contributed by atoms with Crippen LogP contribution in [0.25, 0.3) is 0 Å². The lowest BCUT2D eigenvalue weighted by molar-refractivity contribution is 0.102. The molecule has 1 aromatic carbocycles. The number of amides is 1. The summed E-state index contributed by atoms with van der Waals surface area (Å²) in [6, 6.07) is 6.11. The normalized spacial score (nSPS) is 10.7. The van der Waals surface area contributed by atoms with Crippen LogP contribution in [0.2, 0.25) is 0 Å². The number of anilines is 1. The van der Waals surface area contributed by atoms with E-state index in [1.54, 1.807) is 6.07 Å². The van der Waals surface area contributed by atoms with Crippen molar-refractivity contribution in [2.45, 2.75) is 19.8 Å². The molecule has 0 saturated carbocycles. The van der Waals surface area contributed by atoms with Crippen LogP contribution in [-0.2, 0) is 0 Å². The number of carbonyl (C=O) groups excluding carboxylic acids is 1. The van der Waals surface area contributed by atoms with Gasteiger partial charge in [0.05, 0.1) is 11.4 Å². The molecule has 0 atom stereocenters. The summed E-state index contributed by atoms with van der Waals surface area (Å²) < 4.78 is 26.2. The van der Waals surface area contributed by atoms with Gasteiger partial charge in [-0.2, -0.15) is 5.10 Å². The summed E-state index contributed by atoms with van der Waals surface area (Å²) in [4.78, 5) is 11.9. The molecular formula is C14H13F2N3O. The summed E-state index contributed by atoms with van der Waals surface area (Å²) in [5.74, 6) is -1.95. The Labute approximate surface area is 114 Å². The van der Waals surface area contributed by atoms with Crippen LogP contribution in [0.5, 0.6) is 0 Å². The zero-order valence-corrected chi connectivity index (χ0v) is 11.0. The van der Waals surface area contributed by atoms with Crippen LogP contribution >= 0.6 is 0 Å². The fourth-order valence-corrected chi connectivity index (χ4v) is 1.55. The Balaban J connectivity index is 2.15. The van der Waals surface area contributed by atoms with Crippen molar-refractivity contribution < 1.29 is 13.6 Å². The molecule has 1 amide bonds. The molecule has 0 fully saturated rings. The lowest BCUT2D eigenvalue weighted by atomic mass is 10.1. The predicted molar refractivity (Wildman–Crippen MR) is 70.4 cm³/mol. The van der Waals surface area contributed by atoms with E-state index in [0.717, 1.165) is 17.8 Å². The van der Waals surface area contributed by atoms with Gasteiger partial charge in [-0.3, -0.25) is 4.79 Å². The molecule has 0 bridgehead atoms. The van der Waals surface area contributed by atoms with Crippen molar-refractivity contribution in [3.8, 4) is 0 Å². The maximum atomic E-state index is 13.4. The molecule has 104 valence electrons. The average Bonchev–Trinajstić information content (AvgIpc) is 2.42. The summed E-state index contributed by atoms with van der Waals surface area (Å²) in [6.45, 7) is 3.91. The minimum atomic E-state index is -0.842. The van der Waals surface area contributed by atoms with Gasteiger partial charge < -0.3 is 5.32 Å². The number of carbonyl (C=O) groups is 1. The highest BCUT2D eigenvalue weighted by Crippen LogP contribution is 2.16. The van der Waals surface area contributed by atoms with Gasteiger partial charge in [0, 0.05) is 6.07 Å². The molecule has 0 spiro atoms. The lowest BCUT2D eigenvalue weighted by Gasteiger charge is -2.07. The monoisotopic (exact) mass is 277 g/mol. The second-order valence-electron chi connectivity index (χ2n) is 4.58. The van der Waals surface area contributed by atoms with E-state index in [9.17, 15) is 13.6 Å². The van der Waals surface area contributed by atoms with Crippen LogP contribution in [0.4, 0.5) is 14.5 Å². The lowest BCUT2D eigenvalue weighted by Crippen LogP contribution is -2.15. The molecule has 0 aliphatic rings. The molecular weight excluding hydrogens is 264 g/mol. The summed E-state index contributed by atoms with van der Waals surface area (Å²) in [6.07, 6.45) is 0. The van der Waals surface area contributed by atoms with Gasteiger partial charge >= 0.3 is 0 Å². The van der Waals surface area contributed by atoms with E-state index in [0.29, 0.717) is 6.07 Å². The fourth-order valence-electron chi connectivity index (χ4n) is 1.55. The van der Waals surface area contributed by atoms with Crippen LogP contribution in [0.3, 0.4) is 0 Å². The Morgan fingerprint density at radius 1 is 1.15 bits per heavy atom. The van der Waals surface area contributed by atoms with Gasteiger partial charge in [-0.25, -0.2) is 8.78 Å². The number of aromatic nitrogens is 2. The fraction of sp³-hybridized carbons (Fsp3) is 0.214. The van der Waals surface area contributed by atoms with Gasteiger partial charge in [-0.1, -0.05) is 13.8 Å². The largest absolute Gasteiger partial charge is 0.318 e. The quantitative estimate of drug-likeness (QED) is 0.937. The molecule has 4 nitrogen and oxygen atoms in total. The maximum absolute atomic E-state index is 13.4. The SMILES string of the molecule is CC(C)c1ccc(C(=O)Nc2ccc(F)cc2F)nn1. The van der Waals surface area contributed by atoms with E-state index in [1.807, 2.05) is 13.8 Å². The van der Waals surface area contributed by atoms with Crippen LogP contribution < -0.4 is 5.32 Å². The van der Waals surface area contributed by atoms with Crippen molar-refractivity contribution in [2.75, 3.05) is 5.32 Å². The van der Waals surface area contributed by atoms with E-state index in [1.165, 1.54) is 6.07 Å². The molecule has 0 radical (unpaired) electrons. The summed E-state index contributed by atoms with van der Waals surface area (Å²) >= 11 is 0. The Morgan fingerprint density at radius 3 is 2.45 bits per heavy atom. The third kappa shape index (κ3) is 3.14. The van der Waals surface area contributed by atoms with Gasteiger partial charge in [0.2, 0.25) is 0 Å².